The van der Waals surface area contributed by atoms with E-state index in [0.717, 1.165) is 20.1 Å². The molecule has 0 aliphatic carbocycles. The first-order chi connectivity index (χ1) is 10.4. The molecule has 0 aliphatic rings. The number of hydrogen-bond donors (Lipinski definition) is 0. The van der Waals surface area contributed by atoms with Crippen LogP contribution in [-0.2, 0) is 4.79 Å². The SMILES string of the molecule is Cc1ccc(C)c(OC(=O)[C@H](C)Oc2ccc(Br)cc2Br)c1. The Balaban J connectivity index is 2.07. The lowest BCUT2D eigenvalue weighted by molar-refractivity contribution is -0.141. The maximum absolute atomic E-state index is 12.2. The van der Waals surface area contributed by atoms with E-state index in [1.165, 1.54) is 0 Å². The summed E-state index contributed by atoms with van der Waals surface area (Å²) in [5, 5.41) is 0. The van der Waals surface area contributed by atoms with Crippen molar-refractivity contribution in [3.05, 3.63) is 56.5 Å². The van der Waals surface area contributed by atoms with Crippen LogP contribution in [-0.4, -0.2) is 12.1 Å². The van der Waals surface area contributed by atoms with Gasteiger partial charge in [0.05, 0.1) is 4.47 Å². The molecule has 3 nitrogen and oxygen atoms in total. The van der Waals surface area contributed by atoms with E-state index in [-0.39, 0.29) is 0 Å². The number of halogens is 2. The standard InChI is InChI=1S/C17H16Br2O3/c1-10-4-5-11(2)16(8-10)22-17(20)12(3)21-15-7-6-13(18)9-14(15)19/h4-9,12H,1-3H3/t12-/m0/s1. The second-order valence-corrected chi connectivity index (χ2v) is 6.79. The number of rotatable bonds is 4. The van der Waals surface area contributed by atoms with Gasteiger partial charge in [-0.25, -0.2) is 4.79 Å². The molecule has 0 unspecified atom stereocenters. The van der Waals surface area contributed by atoms with Gasteiger partial charge in [0.25, 0.3) is 0 Å². The lowest BCUT2D eigenvalue weighted by Crippen LogP contribution is -2.28. The highest BCUT2D eigenvalue weighted by Crippen LogP contribution is 2.29. The number of carbonyl (C=O) groups excluding carboxylic acids is 1. The van der Waals surface area contributed by atoms with Crippen LogP contribution in [0.15, 0.2) is 45.3 Å². The fourth-order valence-electron chi connectivity index (χ4n) is 1.82. The van der Waals surface area contributed by atoms with Crippen molar-refractivity contribution in [2.75, 3.05) is 0 Å². The number of hydrogen-bond acceptors (Lipinski definition) is 3. The van der Waals surface area contributed by atoms with Crippen molar-refractivity contribution >= 4 is 37.8 Å². The lowest BCUT2D eigenvalue weighted by Gasteiger charge is -2.16. The van der Waals surface area contributed by atoms with E-state index in [0.29, 0.717) is 11.5 Å². The summed E-state index contributed by atoms with van der Waals surface area (Å²) < 4.78 is 12.8. The highest BCUT2D eigenvalue weighted by Gasteiger charge is 2.19. The van der Waals surface area contributed by atoms with Crippen LogP contribution in [0.2, 0.25) is 0 Å². The Kier molecular flexibility index (Phi) is 5.64. The molecule has 0 amide bonds. The van der Waals surface area contributed by atoms with Gasteiger partial charge in [0.15, 0.2) is 6.10 Å². The third-order valence-electron chi connectivity index (χ3n) is 3.08. The van der Waals surface area contributed by atoms with E-state index in [1.54, 1.807) is 13.0 Å². The average Bonchev–Trinajstić information content (AvgIpc) is 2.45. The number of aryl methyl sites for hydroxylation is 2. The molecule has 0 saturated heterocycles. The second-order valence-electron chi connectivity index (χ2n) is 5.02. The summed E-state index contributed by atoms with van der Waals surface area (Å²) in [6.45, 7) is 5.52. The van der Waals surface area contributed by atoms with Crippen molar-refractivity contribution in [2.45, 2.75) is 26.9 Å². The molecular formula is C17H16Br2O3. The van der Waals surface area contributed by atoms with Crippen molar-refractivity contribution < 1.29 is 14.3 Å². The van der Waals surface area contributed by atoms with Crippen molar-refractivity contribution in [3.63, 3.8) is 0 Å². The zero-order valence-electron chi connectivity index (χ0n) is 12.5. The monoisotopic (exact) mass is 426 g/mol. The molecule has 0 radical (unpaired) electrons. The first-order valence-electron chi connectivity index (χ1n) is 6.77. The van der Waals surface area contributed by atoms with Crippen LogP contribution in [0.1, 0.15) is 18.1 Å². The second kappa shape index (κ2) is 7.29. The number of ether oxygens (including phenoxy) is 2. The Hall–Kier alpha value is -1.33. The minimum atomic E-state index is -0.711. The fourth-order valence-corrected chi connectivity index (χ4v) is 2.96. The van der Waals surface area contributed by atoms with Gasteiger partial charge < -0.3 is 9.47 Å². The predicted molar refractivity (Wildman–Crippen MR) is 93.5 cm³/mol. The Labute approximate surface area is 146 Å². The zero-order chi connectivity index (χ0) is 16.3. The molecule has 1 atom stereocenters. The van der Waals surface area contributed by atoms with Crippen molar-refractivity contribution in [2.24, 2.45) is 0 Å². The van der Waals surface area contributed by atoms with Crippen molar-refractivity contribution in [3.8, 4) is 11.5 Å². The van der Waals surface area contributed by atoms with Gasteiger partial charge in [-0.3, -0.25) is 0 Å². The molecule has 0 aliphatic heterocycles. The van der Waals surface area contributed by atoms with Gasteiger partial charge in [-0.15, -0.1) is 0 Å². The third-order valence-corrected chi connectivity index (χ3v) is 4.20. The molecule has 2 rings (SSSR count). The highest BCUT2D eigenvalue weighted by atomic mass is 79.9. The Morgan fingerprint density at radius 1 is 1.05 bits per heavy atom. The van der Waals surface area contributed by atoms with Crippen LogP contribution in [0.4, 0.5) is 0 Å². The van der Waals surface area contributed by atoms with Crippen LogP contribution in [0.3, 0.4) is 0 Å². The minimum Gasteiger partial charge on any atom is -0.478 e. The molecule has 0 aromatic heterocycles. The van der Waals surface area contributed by atoms with Gasteiger partial charge in [-0.1, -0.05) is 28.1 Å². The van der Waals surface area contributed by atoms with Crippen LogP contribution in [0.25, 0.3) is 0 Å². The van der Waals surface area contributed by atoms with E-state index in [9.17, 15) is 4.79 Å². The summed E-state index contributed by atoms with van der Waals surface area (Å²) in [7, 11) is 0. The van der Waals surface area contributed by atoms with Crippen molar-refractivity contribution in [1.82, 2.24) is 0 Å². The average molecular weight is 428 g/mol. The smallest absolute Gasteiger partial charge is 0.352 e. The van der Waals surface area contributed by atoms with E-state index < -0.39 is 12.1 Å². The molecule has 0 N–H and O–H groups in total. The normalized spacial score (nSPS) is 11.9. The molecule has 0 heterocycles. The molecule has 0 fully saturated rings. The molecule has 0 bridgehead atoms. The number of esters is 1. The molecule has 5 heteroatoms. The van der Waals surface area contributed by atoms with Gasteiger partial charge >= 0.3 is 5.97 Å². The van der Waals surface area contributed by atoms with Gasteiger partial charge in [0.1, 0.15) is 11.5 Å². The molecular weight excluding hydrogens is 412 g/mol. The Morgan fingerprint density at radius 2 is 1.77 bits per heavy atom. The number of carbonyl (C=O) groups is 1. The summed E-state index contributed by atoms with van der Waals surface area (Å²) in [4.78, 5) is 12.2. The maximum Gasteiger partial charge on any atom is 0.352 e. The molecule has 0 spiro atoms. The first kappa shape index (κ1) is 17.0. The van der Waals surface area contributed by atoms with Gasteiger partial charge in [0.2, 0.25) is 0 Å². The topological polar surface area (TPSA) is 35.5 Å². The molecule has 2 aromatic carbocycles. The van der Waals surface area contributed by atoms with E-state index >= 15 is 0 Å². The fraction of sp³-hybridized carbons (Fsp3) is 0.235. The van der Waals surface area contributed by atoms with Crippen LogP contribution in [0.5, 0.6) is 11.5 Å². The summed E-state index contributed by atoms with van der Waals surface area (Å²) in [5.74, 6) is 0.729. The summed E-state index contributed by atoms with van der Waals surface area (Å²) >= 11 is 6.78. The molecule has 116 valence electrons. The van der Waals surface area contributed by atoms with E-state index in [4.69, 9.17) is 9.47 Å². The van der Waals surface area contributed by atoms with E-state index in [1.807, 2.05) is 44.2 Å². The van der Waals surface area contributed by atoms with Crippen LogP contribution < -0.4 is 9.47 Å². The number of benzene rings is 2. The predicted octanol–water partition coefficient (Wildman–Crippen LogP) is 5.20. The summed E-state index contributed by atoms with van der Waals surface area (Å²) in [5.41, 5.74) is 1.95. The first-order valence-corrected chi connectivity index (χ1v) is 8.36. The summed E-state index contributed by atoms with van der Waals surface area (Å²) in [6, 6.07) is 11.2. The molecule has 22 heavy (non-hydrogen) atoms. The molecule has 2 aromatic rings. The largest absolute Gasteiger partial charge is 0.478 e. The summed E-state index contributed by atoms with van der Waals surface area (Å²) in [6.07, 6.45) is -0.711. The Bertz CT molecular complexity index is 698. The quantitative estimate of drug-likeness (QED) is 0.496. The third kappa shape index (κ3) is 4.34. The van der Waals surface area contributed by atoms with Crippen molar-refractivity contribution in [1.29, 1.82) is 0 Å². The maximum atomic E-state index is 12.2. The Morgan fingerprint density at radius 3 is 2.45 bits per heavy atom. The highest BCUT2D eigenvalue weighted by molar-refractivity contribution is 9.11. The van der Waals surface area contributed by atoms with Gasteiger partial charge in [0, 0.05) is 4.47 Å². The van der Waals surface area contributed by atoms with E-state index in [2.05, 4.69) is 31.9 Å². The minimum absolute atomic E-state index is 0.427. The molecule has 0 saturated carbocycles. The van der Waals surface area contributed by atoms with Gasteiger partial charge in [-0.05, 0) is 72.1 Å². The zero-order valence-corrected chi connectivity index (χ0v) is 15.7. The van der Waals surface area contributed by atoms with Crippen LogP contribution >= 0.6 is 31.9 Å². The lowest BCUT2D eigenvalue weighted by atomic mass is 10.1. The van der Waals surface area contributed by atoms with Gasteiger partial charge in [-0.2, -0.15) is 0 Å². The van der Waals surface area contributed by atoms with Crippen LogP contribution in [0, 0.1) is 13.8 Å².